The van der Waals surface area contributed by atoms with Crippen molar-refractivity contribution in [2.45, 2.75) is 64.3 Å². The van der Waals surface area contributed by atoms with Crippen molar-refractivity contribution in [1.82, 2.24) is 0 Å². The molecule has 0 unspecified atom stereocenters. The Labute approximate surface area is 195 Å². The molecule has 32 heavy (non-hydrogen) atoms. The Morgan fingerprint density at radius 3 is 2.44 bits per heavy atom. The summed E-state index contributed by atoms with van der Waals surface area (Å²) in [5.74, 6) is 0.639. The third kappa shape index (κ3) is 6.11. The van der Waals surface area contributed by atoms with Crippen molar-refractivity contribution in [3.63, 3.8) is 0 Å². The number of halogens is 2. The Balaban J connectivity index is 1.36. The van der Waals surface area contributed by atoms with Crippen LogP contribution in [0.2, 0.25) is 5.02 Å². The Morgan fingerprint density at radius 2 is 1.69 bits per heavy atom. The summed E-state index contributed by atoms with van der Waals surface area (Å²) in [6, 6.07) is 20.9. The van der Waals surface area contributed by atoms with Gasteiger partial charge in [0.15, 0.2) is 0 Å². The van der Waals surface area contributed by atoms with Gasteiger partial charge in [0.1, 0.15) is 11.6 Å². The average molecular weight is 453 g/mol. The second-order valence-corrected chi connectivity index (χ2v) is 8.97. The molecule has 1 fully saturated rings. The Kier molecular flexibility index (Phi) is 7.83. The lowest BCUT2D eigenvalue weighted by Crippen LogP contribution is -2.28. The molecule has 0 aliphatic heterocycles. The molecule has 3 aromatic carbocycles. The molecule has 168 valence electrons. The molecule has 4 heteroatoms. The molecule has 0 radical (unpaired) electrons. The van der Waals surface area contributed by atoms with E-state index in [9.17, 15) is 4.39 Å². The Hall–Kier alpha value is -2.36. The van der Waals surface area contributed by atoms with Crippen LogP contribution in [0.15, 0.2) is 66.7 Å². The molecule has 1 aliphatic carbocycles. The van der Waals surface area contributed by atoms with Gasteiger partial charge in [0, 0.05) is 5.02 Å². The standard InChI is InChI=1S/C28H30ClFO2/c1-2-5-21-10-11-27(18-28(21)22-7-4-9-24(30)17-22)32-26-14-12-25(13-15-26)31-19-20-6-3-8-23(29)16-20/h3-4,6-11,16-18,25-26H,2,5,12-15,19H2,1H3. The fraction of sp³-hybridized carbons (Fsp3) is 0.357. The molecule has 4 rings (SSSR count). The summed E-state index contributed by atoms with van der Waals surface area (Å²) in [5.41, 5.74) is 4.29. The summed E-state index contributed by atoms with van der Waals surface area (Å²) in [4.78, 5) is 0. The molecule has 3 aromatic rings. The third-order valence-electron chi connectivity index (χ3n) is 6.04. The highest BCUT2D eigenvalue weighted by Gasteiger charge is 2.23. The van der Waals surface area contributed by atoms with Crippen LogP contribution in [-0.4, -0.2) is 12.2 Å². The van der Waals surface area contributed by atoms with Crippen LogP contribution in [0.4, 0.5) is 4.39 Å². The van der Waals surface area contributed by atoms with Crippen molar-refractivity contribution in [3.05, 3.63) is 88.7 Å². The highest BCUT2D eigenvalue weighted by molar-refractivity contribution is 6.30. The van der Waals surface area contributed by atoms with Gasteiger partial charge >= 0.3 is 0 Å². The van der Waals surface area contributed by atoms with Gasteiger partial charge in [0.2, 0.25) is 0 Å². The zero-order valence-electron chi connectivity index (χ0n) is 18.5. The highest BCUT2D eigenvalue weighted by Crippen LogP contribution is 2.32. The normalized spacial score (nSPS) is 18.5. The van der Waals surface area contributed by atoms with Gasteiger partial charge in [-0.3, -0.25) is 0 Å². The first-order valence-electron chi connectivity index (χ1n) is 11.5. The van der Waals surface area contributed by atoms with Gasteiger partial charge < -0.3 is 9.47 Å². The quantitative estimate of drug-likeness (QED) is 0.344. The van der Waals surface area contributed by atoms with Crippen LogP contribution in [0, 0.1) is 5.82 Å². The molecule has 0 spiro atoms. The first kappa shape index (κ1) is 22.8. The molecule has 0 atom stereocenters. The highest BCUT2D eigenvalue weighted by atomic mass is 35.5. The van der Waals surface area contributed by atoms with Crippen LogP contribution in [0.3, 0.4) is 0 Å². The first-order valence-corrected chi connectivity index (χ1v) is 11.9. The van der Waals surface area contributed by atoms with E-state index in [4.69, 9.17) is 21.1 Å². The summed E-state index contributed by atoms with van der Waals surface area (Å²) in [6.07, 6.45) is 6.33. The summed E-state index contributed by atoms with van der Waals surface area (Å²) in [5, 5.41) is 0.741. The van der Waals surface area contributed by atoms with E-state index < -0.39 is 0 Å². The topological polar surface area (TPSA) is 18.5 Å². The van der Waals surface area contributed by atoms with Crippen LogP contribution in [0.25, 0.3) is 11.1 Å². The summed E-state index contributed by atoms with van der Waals surface area (Å²) in [7, 11) is 0. The lowest BCUT2D eigenvalue weighted by molar-refractivity contribution is -0.00661. The van der Waals surface area contributed by atoms with Gasteiger partial charge in [-0.2, -0.15) is 0 Å². The van der Waals surface area contributed by atoms with E-state index >= 15 is 0 Å². The van der Waals surface area contributed by atoms with Gasteiger partial charge in [-0.15, -0.1) is 0 Å². The molecule has 2 nitrogen and oxygen atoms in total. The van der Waals surface area contributed by atoms with Crippen LogP contribution in [0.1, 0.15) is 50.2 Å². The van der Waals surface area contributed by atoms with E-state index in [1.807, 2.05) is 30.3 Å². The van der Waals surface area contributed by atoms with Crippen molar-refractivity contribution >= 4 is 11.6 Å². The number of ether oxygens (including phenoxy) is 2. The molecular weight excluding hydrogens is 423 g/mol. The summed E-state index contributed by atoms with van der Waals surface area (Å²) >= 11 is 6.06. The minimum Gasteiger partial charge on any atom is -0.490 e. The number of rotatable bonds is 8. The molecular formula is C28H30ClFO2. The predicted molar refractivity (Wildman–Crippen MR) is 129 cm³/mol. The smallest absolute Gasteiger partial charge is 0.123 e. The second kappa shape index (κ2) is 11.0. The average Bonchev–Trinajstić information content (AvgIpc) is 2.80. The molecule has 0 saturated heterocycles. The van der Waals surface area contributed by atoms with E-state index in [1.54, 1.807) is 12.1 Å². The molecule has 1 aliphatic rings. The lowest BCUT2D eigenvalue weighted by Gasteiger charge is -2.29. The zero-order chi connectivity index (χ0) is 22.3. The predicted octanol–water partition coefficient (Wildman–Crippen LogP) is 8.01. The second-order valence-electron chi connectivity index (χ2n) is 8.54. The maximum atomic E-state index is 13.8. The SMILES string of the molecule is CCCc1ccc(OC2CCC(OCc3cccc(Cl)c3)CC2)cc1-c1cccc(F)c1. The first-order chi connectivity index (χ1) is 15.6. The van der Waals surface area contributed by atoms with Crippen molar-refractivity contribution < 1.29 is 13.9 Å². The van der Waals surface area contributed by atoms with Crippen molar-refractivity contribution in [2.24, 2.45) is 0 Å². The fourth-order valence-electron chi connectivity index (χ4n) is 4.39. The van der Waals surface area contributed by atoms with Crippen molar-refractivity contribution in [2.75, 3.05) is 0 Å². The van der Waals surface area contributed by atoms with E-state index in [1.165, 1.54) is 11.6 Å². The summed E-state index contributed by atoms with van der Waals surface area (Å²) in [6.45, 7) is 2.75. The molecule has 0 aromatic heterocycles. The van der Waals surface area contributed by atoms with Gasteiger partial charge in [0.25, 0.3) is 0 Å². The zero-order valence-corrected chi connectivity index (χ0v) is 19.3. The van der Waals surface area contributed by atoms with Crippen molar-refractivity contribution in [3.8, 4) is 16.9 Å². The minimum absolute atomic E-state index is 0.179. The molecule has 0 N–H and O–H groups in total. The number of aryl methyl sites for hydroxylation is 1. The van der Waals surface area contributed by atoms with Gasteiger partial charge in [-0.1, -0.05) is 55.3 Å². The van der Waals surface area contributed by atoms with Crippen molar-refractivity contribution in [1.29, 1.82) is 0 Å². The van der Waals surface area contributed by atoms with Crippen LogP contribution < -0.4 is 4.74 Å². The molecule has 0 amide bonds. The molecule has 0 heterocycles. The largest absolute Gasteiger partial charge is 0.490 e. The summed E-state index contributed by atoms with van der Waals surface area (Å²) < 4.78 is 26.3. The number of benzene rings is 3. The van der Waals surface area contributed by atoms with Gasteiger partial charge in [-0.05, 0) is 90.8 Å². The molecule has 0 bridgehead atoms. The third-order valence-corrected chi connectivity index (χ3v) is 6.27. The lowest BCUT2D eigenvalue weighted by atomic mass is 9.94. The Bertz CT molecular complexity index is 1030. The minimum atomic E-state index is -0.215. The van der Waals surface area contributed by atoms with E-state index in [0.717, 1.165) is 66.0 Å². The van der Waals surface area contributed by atoms with Crippen LogP contribution >= 0.6 is 11.6 Å². The maximum Gasteiger partial charge on any atom is 0.123 e. The Morgan fingerprint density at radius 1 is 0.906 bits per heavy atom. The molecule has 1 saturated carbocycles. The van der Waals surface area contributed by atoms with E-state index in [0.29, 0.717) is 6.61 Å². The number of hydrogen-bond donors (Lipinski definition) is 0. The monoisotopic (exact) mass is 452 g/mol. The van der Waals surface area contributed by atoms with E-state index in [-0.39, 0.29) is 18.0 Å². The van der Waals surface area contributed by atoms with Gasteiger partial charge in [0.05, 0.1) is 18.8 Å². The fourth-order valence-corrected chi connectivity index (χ4v) is 4.60. The maximum absolute atomic E-state index is 13.8. The van der Waals surface area contributed by atoms with Crippen LogP contribution in [-0.2, 0) is 17.8 Å². The number of hydrogen-bond acceptors (Lipinski definition) is 2. The van der Waals surface area contributed by atoms with Gasteiger partial charge in [-0.25, -0.2) is 4.39 Å². The van der Waals surface area contributed by atoms with Crippen LogP contribution in [0.5, 0.6) is 5.75 Å². The van der Waals surface area contributed by atoms with E-state index in [2.05, 4.69) is 25.1 Å².